The van der Waals surface area contributed by atoms with Gasteiger partial charge in [-0.25, -0.2) is 9.78 Å². The fraction of sp³-hybridized carbons (Fsp3) is 0.667. The van der Waals surface area contributed by atoms with Gasteiger partial charge in [-0.2, -0.15) is 0 Å². The van der Waals surface area contributed by atoms with Crippen LogP contribution in [0.25, 0.3) is 0 Å². The van der Waals surface area contributed by atoms with E-state index in [0.717, 1.165) is 38.0 Å². The van der Waals surface area contributed by atoms with Crippen molar-refractivity contribution in [2.75, 3.05) is 19.6 Å². The van der Waals surface area contributed by atoms with Crippen molar-refractivity contribution in [1.82, 2.24) is 19.8 Å². The van der Waals surface area contributed by atoms with E-state index in [1.54, 1.807) is 4.90 Å². The zero-order valence-corrected chi connectivity index (χ0v) is 15.0. The number of ether oxygens (including phenoxy) is 1. The van der Waals surface area contributed by atoms with Gasteiger partial charge in [0.05, 0.1) is 17.6 Å². The van der Waals surface area contributed by atoms with Crippen molar-refractivity contribution in [2.24, 2.45) is 0 Å². The summed E-state index contributed by atoms with van der Waals surface area (Å²) < 4.78 is 7.76. The zero-order valence-electron chi connectivity index (χ0n) is 15.0. The summed E-state index contributed by atoms with van der Waals surface area (Å²) in [4.78, 5) is 18.9. The molecule has 1 saturated heterocycles. The molecule has 0 aromatic carbocycles. The second kappa shape index (κ2) is 6.24. The average molecular weight is 332 g/mol. The molecule has 3 heterocycles. The van der Waals surface area contributed by atoms with Crippen molar-refractivity contribution in [2.45, 2.75) is 57.7 Å². The van der Waals surface area contributed by atoms with Gasteiger partial charge in [-0.3, -0.25) is 0 Å². The minimum Gasteiger partial charge on any atom is -0.444 e. The molecule has 6 nitrogen and oxygen atoms in total. The topological polar surface area (TPSA) is 59.4 Å². The Hall–Kier alpha value is -1.82. The smallest absolute Gasteiger partial charge is 0.410 e. The molecule has 0 saturated carbocycles. The molecule has 2 aliphatic rings. The van der Waals surface area contributed by atoms with Crippen LogP contribution in [0.5, 0.6) is 0 Å². The number of fused-ring (bicyclic) bond motifs is 2. The van der Waals surface area contributed by atoms with Gasteiger partial charge in [0.15, 0.2) is 0 Å². The lowest BCUT2D eigenvalue weighted by molar-refractivity contribution is 0.0278. The van der Waals surface area contributed by atoms with Crippen LogP contribution in [0.15, 0.2) is 19.0 Å². The lowest BCUT2D eigenvalue weighted by Crippen LogP contribution is -2.50. The van der Waals surface area contributed by atoms with Crippen LogP contribution in [0.4, 0.5) is 4.79 Å². The van der Waals surface area contributed by atoms with E-state index in [0.29, 0.717) is 13.1 Å². The summed E-state index contributed by atoms with van der Waals surface area (Å²) >= 11 is 0. The second-order valence-electron chi connectivity index (χ2n) is 7.72. The Bertz CT molecular complexity index is 631. The number of hydrogen-bond donors (Lipinski definition) is 1. The first-order chi connectivity index (χ1) is 11.3. The fourth-order valence-corrected chi connectivity index (χ4v) is 3.63. The highest BCUT2D eigenvalue weighted by Gasteiger charge is 2.46. The number of nitrogens with zero attached hydrogens (tertiary/aromatic N) is 3. The van der Waals surface area contributed by atoms with Crippen LogP contribution < -0.4 is 5.32 Å². The molecule has 1 spiro atoms. The molecule has 3 rings (SSSR count). The van der Waals surface area contributed by atoms with Crippen LogP contribution in [-0.4, -0.2) is 45.8 Å². The van der Waals surface area contributed by atoms with Crippen LogP contribution in [0, 0.1) is 0 Å². The average Bonchev–Trinajstić information content (AvgIpc) is 3.10. The van der Waals surface area contributed by atoms with Gasteiger partial charge in [0.25, 0.3) is 0 Å². The Morgan fingerprint density at radius 2 is 2.33 bits per heavy atom. The summed E-state index contributed by atoms with van der Waals surface area (Å²) in [6.45, 7) is 12.6. The molecule has 6 heteroatoms. The summed E-state index contributed by atoms with van der Waals surface area (Å²) in [5, 5.41) is 3.62. The molecule has 132 valence electrons. The van der Waals surface area contributed by atoms with Gasteiger partial charge in [0.1, 0.15) is 5.60 Å². The molecular formula is C18H28N4O2. The highest BCUT2D eigenvalue weighted by molar-refractivity contribution is 5.69. The SMILES string of the molecule is C=CCCn1cnc2c1CCNC21CCN(C(=O)OC(C)(C)C)C1. The molecule has 0 aliphatic carbocycles. The molecule has 1 aromatic heterocycles. The van der Waals surface area contributed by atoms with Gasteiger partial charge in [-0.1, -0.05) is 6.08 Å². The van der Waals surface area contributed by atoms with Gasteiger partial charge in [-0.15, -0.1) is 6.58 Å². The van der Waals surface area contributed by atoms with E-state index in [9.17, 15) is 4.79 Å². The summed E-state index contributed by atoms with van der Waals surface area (Å²) in [5.41, 5.74) is 1.69. The quantitative estimate of drug-likeness (QED) is 0.864. The fourth-order valence-electron chi connectivity index (χ4n) is 3.63. The molecule has 24 heavy (non-hydrogen) atoms. The Morgan fingerprint density at radius 3 is 3.04 bits per heavy atom. The summed E-state index contributed by atoms with van der Waals surface area (Å²) in [7, 11) is 0. The predicted octanol–water partition coefficient (Wildman–Crippen LogP) is 2.44. The first kappa shape index (κ1) is 17.0. The third kappa shape index (κ3) is 3.20. The summed E-state index contributed by atoms with van der Waals surface area (Å²) in [6.07, 6.45) is 6.41. The highest BCUT2D eigenvalue weighted by Crippen LogP contribution is 2.36. The number of hydrogen-bond acceptors (Lipinski definition) is 4. The predicted molar refractivity (Wildman–Crippen MR) is 92.8 cm³/mol. The number of allylic oxidation sites excluding steroid dienone is 1. The van der Waals surface area contributed by atoms with E-state index in [1.807, 2.05) is 33.2 Å². The number of amides is 1. The van der Waals surface area contributed by atoms with E-state index in [4.69, 9.17) is 9.72 Å². The molecule has 0 radical (unpaired) electrons. The molecule has 1 atom stereocenters. The number of likely N-dealkylation sites (tertiary alicyclic amines) is 1. The standard InChI is InChI=1S/C18H28N4O2/c1-5-6-10-22-13-19-15-14(22)7-9-20-18(15)8-11-21(12-18)16(23)24-17(2,3)4/h5,13,20H,1,6-12H2,2-4H3. The number of carbonyl (C=O) groups excluding carboxylic acids is 1. The molecule has 1 aromatic rings. The first-order valence-corrected chi connectivity index (χ1v) is 8.73. The third-order valence-corrected chi connectivity index (χ3v) is 4.72. The minimum absolute atomic E-state index is 0.232. The van der Waals surface area contributed by atoms with Crippen LogP contribution in [0.3, 0.4) is 0 Å². The van der Waals surface area contributed by atoms with Crippen molar-refractivity contribution in [3.05, 3.63) is 30.4 Å². The maximum atomic E-state index is 12.4. The van der Waals surface area contributed by atoms with Crippen molar-refractivity contribution in [3.8, 4) is 0 Å². The number of rotatable bonds is 3. The molecule has 1 fully saturated rings. The van der Waals surface area contributed by atoms with Crippen LogP contribution in [-0.2, 0) is 23.2 Å². The molecule has 0 bridgehead atoms. The molecular weight excluding hydrogens is 304 g/mol. The Kier molecular flexibility index (Phi) is 4.42. The van der Waals surface area contributed by atoms with E-state index in [-0.39, 0.29) is 11.6 Å². The minimum atomic E-state index is -0.468. The lowest BCUT2D eigenvalue weighted by atomic mass is 9.88. The van der Waals surface area contributed by atoms with E-state index >= 15 is 0 Å². The van der Waals surface area contributed by atoms with Gasteiger partial charge in [0.2, 0.25) is 0 Å². The normalized spacial score (nSPS) is 23.4. The number of carbonyl (C=O) groups is 1. The molecule has 1 amide bonds. The van der Waals surface area contributed by atoms with Gasteiger partial charge >= 0.3 is 6.09 Å². The maximum Gasteiger partial charge on any atom is 0.410 e. The lowest BCUT2D eigenvalue weighted by Gasteiger charge is -2.34. The number of aryl methyl sites for hydroxylation is 1. The van der Waals surface area contributed by atoms with Crippen molar-refractivity contribution < 1.29 is 9.53 Å². The zero-order chi connectivity index (χ0) is 17.4. The molecule has 1 unspecified atom stereocenters. The Balaban J connectivity index is 1.78. The van der Waals surface area contributed by atoms with Crippen molar-refractivity contribution in [1.29, 1.82) is 0 Å². The summed E-state index contributed by atoms with van der Waals surface area (Å²) in [6, 6.07) is 0. The number of aromatic nitrogens is 2. The number of nitrogens with one attached hydrogen (secondary N) is 1. The van der Waals surface area contributed by atoms with Gasteiger partial charge in [0, 0.05) is 38.3 Å². The monoisotopic (exact) mass is 332 g/mol. The Labute approximate surface area is 143 Å². The van der Waals surface area contributed by atoms with E-state index in [2.05, 4.69) is 16.5 Å². The summed E-state index contributed by atoms with van der Waals surface area (Å²) in [5.74, 6) is 0. The highest BCUT2D eigenvalue weighted by atomic mass is 16.6. The molecule has 1 N–H and O–H groups in total. The third-order valence-electron chi connectivity index (χ3n) is 4.72. The maximum absolute atomic E-state index is 12.4. The van der Waals surface area contributed by atoms with Crippen LogP contribution in [0.2, 0.25) is 0 Å². The second-order valence-corrected chi connectivity index (χ2v) is 7.72. The van der Waals surface area contributed by atoms with E-state index < -0.39 is 5.60 Å². The van der Waals surface area contributed by atoms with Crippen molar-refractivity contribution in [3.63, 3.8) is 0 Å². The van der Waals surface area contributed by atoms with Gasteiger partial charge < -0.3 is 19.5 Å². The first-order valence-electron chi connectivity index (χ1n) is 8.73. The largest absolute Gasteiger partial charge is 0.444 e. The molecule has 2 aliphatic heterocycles. The Morgan fingerprint density at radius 1 is 1.54 bits per heavy atom. The van der Waals surface area contributed by atoms with Crippen LogP contribution >= 0.6 is 0 Å². The van der Waals surface area contributed by atoms with Gasteiger partial charge in [-0.05, 0) is 33.6 Å². The van der Waals surface area contributed by atoms with E-state index in [1.165, 1.54) is 5.69 Å². The van der Waals surface area contributed by atoms with Crippen LogP contribution in [0.1, 0.15) is 45.0 Å². The van der Waals surface area contributed by atoms with Crippen molar-refractivity contribution >= 4 is 6.09 Å². The number of imidazole rings is 1.